The standard InChI is InChI=1S/C15H13ClFNO3/c1-21-13-7-12(11(17)6-10(13)16)18-14(19)8-4-2-3-5-9(8)15(18)20/h6-7H,2-5H2,1H3. The molecule has 1 aromatic rings. The summed E-state index contributed by atoms with van der Waals surface area (Å²) in [6.07, 6.45) is 2.89. The van der Waals surface area contributed by atoms with E-state index in [1.807, 2.05) is 0 Å². The molecule has 2 aliphatic rings. The highest BCUT2D eigenvalue weighted by Crippen LogP contribution is 2.39. The van der Waals surface area contributed by atoms with Crippen LogP contribution < -0.4 is 9.64 Å². The van der Waals surface area contributed by atoms with Crippen LogP contribution in [-0.2, 0) is 9.59 Å². The van der Waals surface area contributed by atoms with Gasteiger partial charge in [-0.25, -0.2) is 9.29 Å². The fraction of sp³-hybridized carbons (Fsp3) is 0.333. The van der Waals surface area contributed by atoms with Gasteiger partial charge in [-0.1, -0.05) is 11.6 Å². The summed E-state index contributed by atoms with van der Waals surface area (Å²) in [5, 5.41) is 0.0931. The Morgan fingerprint density at radius 2 is 1.71 bits per heavy atom. The van der Waals surface area contributed by atoms with Crippen LogP contribution in [0.15, 0.2) is 23.3 Å². The molecular weight excluding hydrogens is 297 g/mol. The third-order valence-electron chi connectivity index (χ3n) is 3.85. The van der Waals surface area contributed by atoms with E-state index in [0.29, 0.717) is 24.0 Å². The molecule has 0 saturated carbocycles. The van der Waals surface area contributed by atoms with Crippen LogP contribution in [0.25, 0.3) is 0 Å². The number of hydrogen-bond acceptors (Lipinski definition) is 3. The summed E-state index contributed by atoms with van der Waals surface area (Å²) in [5.41, 5.74) is 0.916. The number of nitrogens with zero attached hydrogens (tertiary/aromatic N) is 1. The molecule has 1 heterocycles. The molecule has 3 rings (SSSR count). The maximum atomic E-state index is 14.1. The zero-order valence-electron chi connectivity index (χ0n) is 11.4. The fourth-order valence-corrected chi connectivity index (χ4v) is 3.03. The number of hydrogen-bond donors (Lipinski definition) is 0. The maximum absolute atomic E-state index is 14.1. The molecule has 0 aromatic heterocycles. The first-order valence-electron chi connectivity index (χ1n) is 6.68. The Morgan fingerprint density at radius 3 is 2.24 bits per heavy atom. The number of imide groups is 1. The molecule has 1 aliphatic heterocycles. The first-order valence-corrected chi connectivity index (χ1v) is 7.06. The van der Waals surface area contributed by atoms with Gasteiger partial charge in [0, 0.05) is 17.2 Å². The molecule has 0 unspecified atom stereocenters. The largest absolute Gasteiger partial charge is 0.495 e. The summed E-state index contributed by atoms with van der Waals surface area (Å²) in [6, 6.07) is 2.33. The van der Waals surface area contributed by atoms with Gasteiger partial charge in [0.1, 0.15) is 11.6 Å². The Hall–Kier alpha value is -1.88. The number of carbonyl (C=O) groups excluding carboxylic acids is 2. The highest BCUT2D eigenvalue weighted by Gasteiger charge is 2.41. The third-order valence-corrected chi connectivity index (χ3v) is 4.15. The van der Waals surface area contributed by atoms with Crippen molar-refractivity contribution in [2.24, 2.45) is 0 Å². The Balaban J connectivity index is 2.06. The van der Waals surface area contributed by atoms with Crippen molar-refractivity contribution in [3.8, 4) is 5.75 Å². The van der Waals surface area contributed by atoms with E-state index in [-0.39, 0.29) is 16.5 Å². The van der Waals surface area contributed by atoms with Gasteiger partial charge in [-0.15, -0.1) is 0 Å². The first kappa shape index (κ1) is 14.1. The van der Waals surface area contributed by atoms with E-state index in [1.54, 1.807) is 0 Å². The van der Waals surface area contributed by atoms with Crippen molar-refractivity contribution in [2.45, 2.75) is 25.7 Å². The van der Waals surface area contributed by atoms with Gasteiger partial charge < -0.3 is 4.74 Å². The molecule has 6 heteroatoms. The number of amides is 2. The van der Waals surface area contributed by atoms with E-state index >= 15 is 0 Å². The Morgan fingerprint density at radius 1 is 1.14 bits per heavy atom. The lowest BCUT2D eigenvalue weighted by Gasteiger charge is -2.17. The molecule has 0 radical (unpaired) electrons. The molecule has 2 amide bonds. The van der Waals surface area contributed by atoms with E-state index < -0.39 is 17.6 Å². The van der Waals surface area contributed by atoms with Crippen molar-refractivity contribution >= 4 is 29.1 Å². The molecule has 0 saturated heterocycles. The van der Waals surface area contributed by atoms with Gasteiger partial charge in [0.2, 0.25) is 0 Å². The highest BCUT2D eigenvalue weighted by atomic mass is 35.5. The van der Waals surface area contributed by atoms with E-state index in [1.165, 1.54) is 13.2 Å². The summed E-state index contributed by atoms with van der Waals surface area (Å²) in [4.78, 5) is 25.7. The highest BCUT2D eigenvalue weighted by molar-refractivity contribution is 6.34. The molecule has 1 aliphatic carbocycles. The van der Waals surface area contributed by atoms with Crippen molar-refractivity contribution in [2.75, 3.05) is 12.0 Å². The van der Waals surface area contributed by atoms with Gasteiger partial charge in [0.25, 0.3) is 11.8 Å². The van der Waals surface area contributed by atoms with Gasteiger partial charge >= 0.3 is 0 Å². The summed E-state index contributed by atoms with van der Waals surface area (Å²) in [6.45, 7) is 0. The molecule has 0 bridgehead atoms. The summed E-state index contributed by atoms with van der Waals surface area (Å²) < 4.78 is 19.2. The predicted molar refractivity (Wildman–Crippen MR) is 75.9 cm³/mol. The Labute approximate surface area is 126 Å². The molecule has 0 fully saturated rings. The number of carbonyl (C=O) groups is 2. The van der Waals surface area contributed by atoms with Gasteiger partial charge in [-0.2, -0.15) is 0 Å². The van der Waals surface area contributed by atoms with Crippen LogP contribution in [0.4, 0.5) is 10.1 Å². The number of methoxy groups -OCH3 is 1. The zero-order chi connectivity index (χ0) is 15.1. The molecule has 4 nitrogen and oxygen atoms in total. The molecule has 0 N–H and O–H groups in total. The fourth-order valence-electron chi connectivity index (χ4n) is 2.80. The molecular formula is C15H13ClFNO3. The monoisotopic (exact) mass is 309 g/mol. The van der Waals surface area contributed by atoms with E-state index in [0.717, 1.165) is 23.8 Å². The minimum Gasteiger partial charge on any atom is -0.495 e. The van der Waals surface area contributed by atoms with Gasteiger partial charge in [0.05, 0.1) is 17.8 Å². The average molecular weight is 310 g/mol. The Bertz CT molecular complexity index is 656. The first-order chi connectivity index (χ1) is 10.0. The normalized spacial score (nSPS) is 18.3. The number of ether oxygens (including phenoxy) is 1. The topological polar surface area (TPSA) is 46.6 Å². The second-order valence-corrected chi connectivity index (χ2v) is 5.46. The van der Waals surface area contributed by atoms with Crippen molar-refractivity contribution < 1.29 is 18.7 Å². The summed E-state index contributed by atoms with van der Waals surface area (Å²) >= 11 is 5.84. The van der Waals surface area contributed by atoms with Crippen molar-refractivity contribution in [3.05, 3.63) is 34.1 Å². The number of anilines is 1. The minimum absolute atomic E-state index is 0.0931. The van der Waals surface area contributed by atoms with Gasteiger partial charge in [-0.05, 0) is 31.7 Å². The lowest BCUT2D eigenvalue weighted by Crippen LogP contribution is -2.32. The Kier molecular flexibility index (Phi) is 3.45. The minimum atomic E-state index is -0.720. The number of rotatable bonds is 2. The van der Waals surface area contributed by atoms with E-state index in [4.69, 9.17) is 16.3 Å². The summed E-state index contributed by atoms with van der Waals surface area (Å²) in [7, 11) is 1.39. The summed E-state index contributed by atoms with van der Waals surface area (Å²) in [5.74, 6) is -1.36. The lowest BCUT2D eigenvalue weighted by atomic mass is 9.93. The van der Waals surface area contributed by atoms with Crippen LogP contribution in [0.3, 0.4) is 0 Å². The van der Waals surface area contributed by atoms with Gasteiger partial charge in [0.15, 0.2) is 0 Å². The van der Waals surface area contributed by atoms with E-state index in [9.17, 15) is 14.0 Å². The van der Waals surface area contributed by atoms with Crippen LogP contribution >= 0.6 is 11.6 Å². The van der Waals surface area contributed by atoms with Crippen molar-refractivity contribution in [1.29, 1.82) is 0 Å². The lowest BCUT2D eigenvalue weighted by molar-refractivity contribution is -0.120. The van der Waals surface area contributed by atoms with Crippen molar-refractivity contribution in [1.82, 2.24) is 0 Å². The van der Waals surface area contributed by atoms with Crippen LogP contribution in [0, 0.1) is 5.82 Å². The molecule has 0 atom stereocenters. The van der Waals surface area contributed by atoms with Gasteiger partial charge in [-0.3, -0.25) is 9.59 Å². The third kappa shape index (κ3) is 2.12. The molecule has 21 heavy (non-hydrogen) atoms. The second kappa shape index (κ2) is 5.15. The predicted octanol–water partition coefficient (Wildman–Crippen LogP) is 3.23. The maximum Gasteiger partial charge on any atom is 0.261 e. The molecule has 1 aromatic carbocycles. The van der Waals surface area contributed by atoms with E-state index in [2.05, 4.69) is 0 Å². The van der Waals surface area contributed by atoms with Crippen molar-refractivity contribution in [3.63, 3.8) is 0 Å². The van der Waals surface area contributed by atoms with Crippen LogP contribution in [0.5, 0.6) is 5.75 Å². The smallest absolute Gasteiger partial charge is 0.261 e. The number of benzene rings is 1. The van der Waals surface area contributed by atoms with Crippen LogP contribution in [0.2, 0.25) is 5.02 Å². The second-order valence-electron chi connectivity index (χ2n) is 5.05. The SMILES string of the molecule is COc1cc(N2C(=O)C3=C(CCCC3)C2=O)c(F)cc1Cl. The number of halogens is 2. The quantitative estimate of drug-likeness (QED) is 0.788. The van der Waals surface area contributed by atoms with Crippen LogP contribution in [-0.4, -0.2) is 18.9 Å². The average Bonchev–Trinajstić information content (AvgIpc) is 2.72. The van der Waals surface area contributed by atoms with Crippen LogP contribution in [0.1, 0.15) is 25.7 Å². The molecule has 0 spiro atoms. The molecule has 110 valence electrons. The zero-order valence-corrected chi connectivity index (χ0v) is 12.2.